The predicted molar refractivity (Wildman–Crippen MR) is 261 cm³/mol. The van der Waals surface area contributed by atoms with Crippen LogP contribution in [0.25, 0.3) is 110 Å². The molecule has 2 aliphatic carbocycles. The van der Waals surface area contributed by atoms with E-state index < -0.39 is 0 Å². The lowest BCUT2D eigenvalue weighted by molar-refractivity contribution is 0.883. The Kier molecular flexibility index (Phi) is 7.10. The first-order chi connectivity index (χ1) is 30.8. The molecule has 0 bridgehead atoms. The topological polar surface area (TPSA) is 9.86 Å². The maximum Gasteiger partial charge on any atom is 0.0579 e. The number of aromatic nitrogens is 2. The van der Waals surface area contributed by atoms with E-state index in [9.17, 15) is 0 Å². The molecule has 2 heteroatoms. The molecule has 2 heterocycles. The van der Waals surface area contributed by atoms with Crippen molar-refractivity contribution in [2.75, 3.05) is 0 Å². The number of benzene rings is 10. The average molecular weight is 789 g/mol. The highest BCUT2D eigenvalue weighted by molar-refractivity contribution is 6.17. The molecule has 0 amide bonds. The molecule has 2 aromatic heterocycles. The molecule has 62 heavy (non-hydrogen) atoms. The standard InChI is InChI=1S/C60H40N2/c1-3-17-43(18-4-1)61-55-31-27-39(47-23-11-15-37-13-7-9-21-45(37)47)33-51(55)53-35-41-26-30-50-58-42(25-29-49(57(41)58)59(53)61)36-54-52-34-40(48-24-12-16-38-14-8-10-22-46(38)48)28-32-56(52)62(60(50)54)44-19-5-2-6-20-44/h1-24,27-28,31-36H,25-26,29-30H2. The van der Waals surface area contributed by atoms with Gasteiger partial charge in [0.2, 0.25) is 0 Å². The molecule has 0 saturated carbocycles. The van der Waals surface area contributed by atoms with Crippen LogP contribution in [0, 0.1) is 0 Å². The van der Waals surface area contributed by atoms with Gasteiger partial charge >= 0.3 is 0 Å². The second-order valence-electron chi connectivity index (χ2n) is 17.4. The highest BCUT2D eigenvalue weighted by Crippen LogP contribution is 2.52. The molecule has 14 rings (SSSR count). The van der Waals surface area contributed by atoms with Gasteiger partial charge in [0, 0.05) is 32.9 Å². The van der Waals surface area contributed by atoms with Crippen LogP contribution in [-0.2, 0) is 25.7 Å². The van der Waals surface area contributed by atoms with E-state index in [4.69, 9.17) is 0 Å². The largest absolute Gasteiger partial charge is 0.309 e. The van der Waals surface area contributed by atoms with Crippen LogP contribution < -0.4 is 0 Å². The molecule has 0 N–H and O–H groups in total. The van der Waals surface area contributed by atoms with Gasteiger partial charge in [-0.25, -0.2) is 0 Å². The van der Waals surface area contributed by atoms with Gasteiger partial charge < -0.3 is 9.13 Å². The lowest BCUT2D eigenvalue weighted by atomic mass is 9.74. The van der Waals surface area contributed by atoms with Gasteiger partial charge in [0.15, 0.2) is 0 Å². The fourth-order valence-corrected chi connectivity index (χ4v) is 11.6. The molecular formula is C60H40N2. The van der Waals surface area contributed by atoms with Crippen molar-refractivity contribution in [3.63, 3.8) is 0 Å². The van der Waals surface area contributed by atoms with Gasteiger partial charge in [-0.15, -0.1) is 0 Å². The van der Waals surface area contributed by atoms with E-state index in [2.05, 4.69) is 203 Å². The first kappa shape index (κ1) is 34.1. The highest BCUT2D eigenvalue weighted by Gasteiger charge is 2.33. The van der Waals surface area contributed by atoms with Crippen LogP contribution in [-0.4, -0.2) is 9.13 Å². The maximum absolute atomic E-state index is 2.58. The minimum Gasteiger partial charge on any atom is -0.309 e. The SMILES string of the molecule is c1ccc(-n2c3ccc(-c4cccc5ccccc45)cc3c3cc4c5c(c32)CCc2cc3c6cc(-c7cccc8ccccc78)ccc6n(-c6ccccc6)c3c(c2-5)CC4)cc1. The Bertz CT molecular complexity index is 3580. The third-order valence-electron chi connectivity index (χ3n) is 14.2. The Morgan fingerprint density at radius 3 is 1.19 bits per heavy atom. The van der Waals surface area contributed by atoms with Gasteiger partial charge in [-0.2, -0.15) is 0 Å². The summed E-state index contributed by atoms with van der Waals surface area (Å²) >= 11 is 0. The molecule has 0 saturated heterocycles. The zero-order chi connectivity index (χ0) is 40.5. The summed E-state index contributed by atoms with van der Waals surface area (Å²) < 4.78 is 5.14. The van der Waals surface area contributed by atoms with Crippen molar-refractivity contribution in [1.82, 2.24) is 9.13 Å². The lowest BCUT2D eigenvalue weighted by Gasteiger charge is -2.31. The fourth-order valence-electron chi connectivity index (χ4n) is 11.6. The zero-order valence-corrected chi connectivity index (χ0v) is 34.2. The van der Waals surface area contributed by atoms with Crippen molar-refractivity contribution in [2.24, 2.45) is 0 Å². The molecule has 12 aromatic rings. The number of hydrogen-bond acceptors (Lipinski definition) is 0. The predicted octanol–water partition coefficient (Wildman–Crippen LogP) is 15.4. The molecule has 290 valence electrons. The van der Waals surface area contributed by atoms with Crippen molar-refractivity contribution >= 4 is 65.2 Å². The third-order valence-corrected chi connectivity index (χ3v) is 14.2. The van der Waals surface area contributed by atoms with Gasteiger partial charge in [0.05, 0.1) is 22.1 Å². The van der Waals surface area contributed by atoms with E-state index in [0.29, 0.717) is 0 Å². The molecule has 0 aliphatic heterocycles. The van der Waals surface area contributed by atoms with Crippen LogP contribution in [0.5, 0.6) is 0 Å². The highest BCUT2D eigenvalue weighted by atomic mass is 15.0. The molecule has 0 radical (unpaired) electrons. The van der Waals surface area contributed by atoms with Crippen LogP contribution >= 0.6 is 0 Å². The van der Waals surface area contributed by atoms with Crippen LogP contribution in [0.3, 0.4) is 0 Å². The maximum atomic E-state index is 2.58. The normalized spacial score (nSPS) is 13.2. The summed E-state index contributed by atoms with van der Waals surface area (Å²) in [4.78, 5) is 0. The van der Waals surface area contributed by atoms with Crippen molar-refractivity contribution in [3.05, 3.63) is 216 Å². The van der Waals surface area contributed by atoms with Crippen LogP contribution in [0.1, 0.15) is 22.3 Å². The Morgan fingerprint density at radius 1 is 0.306 bits per heavy atom. The molecule has 2 nitrogen and oxygen atoms in total. The number of rotatable bonds is 4. The first-order valence-corrected chi connectivity index (χ1v) is 22.1. The van der Waals surface area contributed by atoms with Gasteiger partial charge in [-0.1, -0.05) is 133 Å². The smallest absolute Gasteiger partial charge is 0.0579 e. The molecular weight excluding hydrogens is 749 g/mol. The number of nitrogens with zero attached hydrogens (tertiary/aromatic N) is 2. The van der Waals surface area contributed by atoms with Crippen molar-refractivity contribution in [1.29, 1.82) is 0 Å². The number of aryl methyl sites for hydroxylation is 4. The van der Waals surface area contributed by atoms with Crippen molar-refractivity contribution < 1.29 is 0 Å². The molecule has 0 atom stereocenters. The summed E-state index contributed by atoms with van der Waals surface area (Å²) in [5.74, 6) is 0. The van der Waals surface area contributed by atoms with E-state index in [1.54, 1.807) is 0 Å². The molecule has 2 aliphatic rings. The van der Waals surface area contributed by atoms with Gasteiger partial charge in [0.25, 0.3) is 0 Å². The van der Waals surface area contributed by atoms with Crippen LogP contribution in [0.2, 0.25) is 0 Å². The van der Waals surface area contributed by atoms with Gasteiger partial charge in [-0.3, -0.25) is 0 Å². The minimum atomic E-state index is 1.01. The molecule has 0 spiro atoms. The van der Waals surface area contributed by atoms with Gasteiger partial charge in [0.1, 0.15) is 0 Å². The lowest BCUT2D eigenvalue weighted by Crippen LogP contribution is -2.16. The van der Waals surface area contributed by atoms with Gasteiger partial charge in [-0.05, 0) is 164 Å². The Labute approximate surface area is 359 Å². The third kappa shape index (κ3) is 4.75. The quantitative estimate of drug-likeness (QED) is 0.168. The van der Waals surface area contributed by atoms with E-state index in [0.717, 1.165) is 25.7 Å². The van der Waals surface area contributed by atoms with E-state index in [-0.39, 0.29) is 0 Å². The average Bonchev–Trinajstić information content (AvgIpc) is 3.85. The van der Waals surface area contributed by atoms with E-state index >= 15 is 0 Å². The van der Waals surface area contributed by atoms with E-state index in [1.807, 2.05) is 0 Å². The summed E-state index contributed by atoms with van der Waals surface area (Å²) in [6.07, 6.45) is 4.05. The van der Waals surface area contributed by atoms with Crippen molar-refractivity contribution in [3.8, 4) is 44.8 Å². The van der Waals surface area contributed by atoms with Crippen LogP contribution in [0.4, 0.5) is 0 Å². The number of para-hydroxylation sites is 2. The summed E-state index contributed by atoms with van der Waals surface area (Å²) in [6, 6.07) is 72.6. The molecule has 0 unspecified atom stereocenters. The second kappa shape index (κ2) is 12.9. The molecule has 10 aromatic carbocycles. The Balaban J connectivity index is 1.05. The summed E-state index contributed by atoms with van der Waals surface area (Å²) in [7, 11) is 0. The Morgan fingerprint density at radius 2 is 0.726 bits per heavy atom. The number of hydrogen-bond donors (Lipinski definition) is 0. The zero-order valence-electron chi connectivity index (χ0n) is 34.2. The van der Waals surface area contributed by atoms with Crippen LogP contribution in [0.15, 0.2) is 194 Å². The summed E-state index contributed by atoms with van der Waals surface area (Å²) in [5.41, 5.74) is 21.7. The molecule has 0 fully saturated rings. The summed E-state index contributed by atoms with van der Waals surface area (Å²) in [5, 5.41) is 10.5. The fraction of sp³-hybridized carbons (Fsp3) is 0.0667. The minimum absolute atomic E-state index is 1.01. The Hall–Kier alpha value is -7.68. The second-order valence-corrected chi connectivity index (χ2v) is 17.4. The summed E-state index contributed by atoms with van der Waals surface area (Å²) in [6.45, 7) is 0. The monoisotopic (exact) mass is 788 g/mol. The number of fused-ring (bicyclic) bond motifs is 10. The van der Waals surface area contributed by atoms with E-state index in [1.165, 1.54) is 132 Å². The first-order valence-electron chi connectivity index (χ1n) is 22.1. The van der Waals surface area contributed by atoms with Crippen molar-refractivity contribution in [2.45, 2.75) is 25.7 Å².